The van der Waals surface area contributed by atoms with E-state index in [1.165, 1.54) is 14.2 Å². The Hall–Kier alpha value is -3.22. The molecular formula is C24H27NO6. The molecule has 3 atom stereocenters. The van der Waals surface area contributed by atoms with Crippen molar-refractivity contribution in [2.75, 3.05) is 33.3 Å². The first-order valence-electron chi connectivity index (χ1n) is 10.5. The summed E-state index contributed by atoms with van der Waals surface area (Å²) >= 11 is 0. The fourth-order valence-electron chi connectivity index (χ4n) is 4.62. The summed E-state index contributed by atoms with van der Waals surface area (Å²) in [7, 11) is 4.42. The number of ketones is 1. The number of Topliss-reactive ketones (excluding diaryl/α,β-unsaturated/α-hetero) is 1. The van der Waals surface area contributed by atoms with Crippen LogP contribution in [0.4, 0.5) is 5.69 Å². The number of carbonyl (C=O) groups is 2. The second-order valence-corrected chi connectivity index (χ2v) is 7.71. The van der Waals surface area contributed by atoms with E-state index in [0.29, 0.717) is 29.4 Å². The standard InChI is InChI=1S/C24H27NO6/c1-5-6-11-31-23-18-14(12-16(28-2)22(23)29-3)20-19(21(18)26)17(24(27)30-4)13-9-7-8-10-15(13)25-20/h7-10,12,17,19-20,25H,5-6,11H2,1-4H3/t17-,19-,20-/m0/s1. The van der Waals surface area contributed by atoms with Gasteiger partial charge in [0.25, 0.3) is 0 Å². The number of fused-ring (bicyclic) bond motifs is 4. The van der Waals surface area contributed by atoms with Crippen molar-refractivity contribution in [3.8, 4) is 17.2 Å². The maximum Gasteiger partial charge on any atom is 0.314 e. The number of hydrogen-bond donors (Lipinski definition) is 1. The molecule has 1 aliphatic carbocycles. The Morgan fingerprint density at radius 2 is 1.84 bits per heavy atom. The maximum absolute atomic E-state index is 13.8. The van der Waals surface area contributed by atoms with Gasteiger partial charge in [0.2, 0.25) is 5.75 Å². The lowest BCUT2D eigenvalue weighted by atomic mass is 9.77. The van der Waals surface area contributed by atoms with Crippen LogP contribution in [0.5, 0.6) is 17.2 Å². The van der Waals surface area contributed by atoms with Gasteiger partial charge in [-0.05, 0) is 29.7 Å². The van der Waals surface area contributed by atoms with E-state index in [1.807, 2.05) is 24.3 Å². The van der Waals surface area contributed by atoms with Crippen LogP contribution in [0.1, 0.15) is 53.2 Å². The molecular weight excluding hydrogens is 398 g/mol. The van der Waals surface area contributed by atoms with Gasteiger partial charge in [-0.3, -0.25) is 9.59 Å². The molecule has 0 aromatic heterocycles. The van der Waals surface area contributed by atoms with Crippen LogP contribution in [0.15, 0.2) is 30.3 Å². The van der Waals surface area contributed by atoms with Crippen molar-refractivity contribution in [1.29, 1.82) is 0 Å². The van der Waals surface area contributed by atoms with Crippen molar-refractivity contribution in [1.82, 2.24) is 0 Å². The zero-order valence-corrected chi connectivity index (χ0v) is 18.2. The number of nitrogens with one attached hydrogen (secondary N) is 1. The maximum atomic E-state index is 13.8. The molecule has 0 saturated heterocycles. The topological polar surface area (TPSA) is 83.1 Å². The summed E-state index contributed by atoms with van der Waals surface area (Å²) in [5.74, 6) is -0.718. The summed E-state index contributed by atoms with van der Waals surface area (Å²) in [6.07, 6.45) is 1.79. The normalized spacial score (nSPS) is 20.8. The van der Waals surface area contributed by atoms with Crippen LogP contribution < -0.4 is 19.5 Å². The zero-order valence-electron chi connectivity index (χ0n) is 18.2. The van der Waals surface area contributed by atoms with Crippen molar-refractivity contribution in [3.63, 3.8) is 0 Å². The molecule has 164 valence electrons. The SMILES string of the molecule is CCCCOc1c(OC)c(OC)cc2c1C(=O)[C@@H]1[C@H]2Nc2ccccc2[C@@H]1C(=O)OC. The van der Waals surface area contributed by atoms with Gasteiger partial charge in [-0.25, -0.2) is 0 Å². The molecule has 0 radical (unpaired) electrons. The lowest BCUT2D eigenvalue weighted by molar-refractivity contribution is -0.143. The number of rotatable bonds is 7. The van der Waals surface area contributed by atoms with Gasteiger partial charge in [-0.15, -0.1) is 0 Å². The number of methoxy groups -OCH3 is 3. The van der Waals surface area contributed by atoms with Crippen molar-refractivity contribution in [2.45, 2.75) is 31.7 Å². The average molecular weight is 425 g/mol. The van der Waals surface area contributed by atoms with E-state index < -0.39 is 23.8 Å². The largest absolute Gasteiger partial charge is 0.493 e. The number of esters is 1. The van der Waals surface area contributed by atoms with E-state index in [1.54, 1.807) is 13.2 Å². The van der Waals surface area contributed by atoms with Gasteiger partial charge in [-0.1, -0.05) is 31.5 Å². The quantitative estimate of drug-likeness (QED) is 0.528. The third-order valence-electron chi connectivity index (χ3n) is 6.07. The number of anilines is 1. The smallest absolute Gasteiger partial charge is 0.314 e. The molecule has 0 unspecified atom stereocenters. The summed E-state index contributed by atoms with van der Waals surface area (Å²) in [5.41, 5.74) is 2.74. The predicted molar refractivity (Wildman–Crippen MR) is 115 cm³/mol. The lowest BCUT2D eigenvalue weighted by Gasteiger charge is -2.34. The molecule has 2 aromatic carbocycles. The van der Waals surface area contributed by atoms with E-state index in [0.717, 1.165) is 29.7 Å². The first-order chi connectivity index (χ1) is 15.1. The van der Waals surface area contributed by atoms with Crippen LogP contribution in [-0.2, 0) is 9.53 Å². The number of ether oxygens (including phenoxy) is 4. The van der Waals surface area contributed by atoms with Crippen molar-refractivity contribution >= 4 is 17.4 Å². The fourth-order valence-corrected chi connectivity index (χ4v) is 4.62. The van der Waals surface area contributed by atoms with Crippen LogP contribution >= 0.6 is 0 Å². The number of unbranched alkanes of at least 4 members (excludes halogenated alkanes) is 1. The van der Waals surface area contributed by atoms with E-state index in [-0.39, 0.29) is 5.78 Å². The number of carbonyl (C=O) groups excluding carboxylic acids is 2. The van der Waals surface area contributed by atoms with Crippen molar-refractivity contribution in [3.05, 3.63) is 47.0 Å². The van der Waals surface area contributed by atoms with Crippen LogP contribution in [0, 0.1) is 5.92 Å². The molecule has 31 heavy (non-hydrogen) atoms. The van der Waals surface area contributed by atoms with Gasteiger partial charge in [0.15, 0.2) is 17.3 Å². The molecule has 2 aliphatic rings. The molecule has 0 spiro atoms. The molecule has 0 amide bonds. The monoisotopic (exact) mass is 425 g/mol. The summed E-state index contributed by atoms with van der Waals surface area (Å²) in [4.78, 5) is 26.6. The number of hydrogen-bond acceptors (Lipinski definition) is 7. The van der Waals surface area contributed by atoms with Crippen molar-refractivity contribution in [2.24, 2.45) is 5.92 Å². The minimum atomic E-state index is -0.715. The summed E-state index contributed by atoms with van der Waals surface area (Å²) < 4.78 is 22.3. The molecule has 7 nitrogen and oxygen atoms in total. The minimum absolute atomic E-state index is 0.162. The summed E-state index contributed by atoms with van der Waals surface area (Å²) in [6.45, 7) is 2.52. The van der Waals surface area contributed by atoms with Crippen molar-refractivity contribution < 1.29 is 28.5 Å². The third-order valence-corrected chi connectivity index (χ3v) is 6.07. The molecule has 0 fully saturated rings. The highest BCUT2D eigenvalue weighted by Crippen LogP contribution is 2.56. The van der Waals surface area contributed by atoms with Gasteiger partial charge in [-0.2, -0.15) is 0 Å². The van der Waals surface area contributed by atoms with E-state index in [9.17, 15) is 9.59 Å². The van der Waals surface area contributed by atoms with Crippen LogP contribution in [0.2, 0.25) is 0 Å². The predicted octanol–water partition coefficient (Wildman–Crippen LogP) is 4.12. The molecule has 0 saturated carbocycles. The first kappa shape index (κ1) is 21.0. The molecule has 7 heteroatoms. The molecule has 1 N–H and O–H groups in total. The van der Waals surface area contributed by atoms with Crippen LogP contribution in [-0.4, -0.2) is 39.7 Å². The Morgan fingerprint density at radius 1 is 1.06 bits per heavy atom. The van der Waals surface area contributed by atoms with Gasteiger partial charge < -0.3 is 24.3 Å². The molecule has 1 aliphatic heterocycles. The second kappa shape index (κ2) is 8.49. The van der Waals surface area contributed by atoms with Crippen LogP contribution in [0.25, 0.3) is 0 Å². The lowest BCUT2D eigenvalue weighted by Crippen LogP contribution is -2.36. The number of para-hydroxylation sites is 1. The number of benzene rings is 2. The summed E-state index contributed by atoms with van der Waals surface area (Å²) in [5, 5.41) is 3.46. The highest BCUT2D eigenvalue weighted by atomic mass is 16.5. The van der Waals surface area contributed by atoms with E-state index >= 15 is 0 Å². The molecule has 4 rings (SSSR count). The fraction of sp³-hybridized carbons (Fsp3) is 0.417. The highest BCUT2D eigenvalue weighted by Gasteiger charge is 2.53. The molecule has 2 aromatic rings. The van der Waals surface area contributed by atoms with Gasteiger partial charge in [0.1, 0.15) is 0 Å². The summed E-state index contributed by atoms with van der Waals surface area (Å²) in [6, 6.07) is 8.91. The van der Waals surface area contributed by atoms with Gasteiger partial charge >= 0.3 is 5.97 Å². The Bertz CT molecular complexity index is 1020. The second-order valence-electron chi connectivity index (χ2n) is 7.71. The van der Waals surface area contributed by atoms with E-state index in [2.05, 4.69) is 12.2 Å². The third kappa shape index (κ3) is 3.28. The van der Waals surface area contributed by atoms with Crippen LogP contribution in [0.3, 0.4) is 0 Å². The first-order valence-corrected chi connectivity index (χ1v) is 10.5. The Labute approximate surface area is 181 Å². The Morgan fingerprint density at radius 3 is 2.52 bits per heavy atom. The Balaban J connectivity index is 1.90. The molecule has 1 heterocycles. The zero-order chi connectivity index (χ0) is 22.1. The minimum Gasteiger partial charge on any atom is -0.493 e. The van der Waals surface area contributed by atoms with Gasteiger partial charge in [0.05, 0.1) is 51.4 Å². The highest BCUT2D eigenvalue weighted by molar-refractivity contribution is 6.10. The van der Waals surface area contributed by atoms with E-state index in [4.69, 9.17) is 18.9 Å². The average Bonchev–Trinajstić information content (AvgIpc) is 3.07. The molecule has 0 bridgehead atoms. The van der Waals surface area contributed by atoms with Gasteiger partial charge in [0, 0.05) is 5.69 Å². The Kier molecular flexibility index (Phi) is 5.76.